The highest BCUT2D eigenvalue weighted by atomic mass is 16.5. The summed E-state index contributed by atoms with van der Waals surface area (Å²) in [6.45, 7) is 6.43. The fraction of sp³-hybridized carbons (Fsp3) is 0.333. The molecule has 1 amide bonds. The summed E-state index contributed by atoms with van der Waals surface area (Å²) in [7, 11) is 1.30. The summed E-state index contributed by atoms with van der Waals surface area (Å²) >= 11 is 0. The van der Waals surface area contributed by atoms with Crippen LogP contribution in [0, 0.1) is 0 Å². The van der Waals surface area contributed by atoms with Crippen LogP contribution in [-0.2, 0) is 16.1 Å². The van der Waals surface area contributed by atoms with E-state index >= 15 is 0 Å². The second-order valence-electron chi connectivity index (χ2n) is 11.1. The van der Waals surface area contributed by atoms with Crippen LogP contribution in [0.25, 0.3) is 5.57 Å². The molecule has 0 bridgehead atoms. The van der Waals surface area contributed by atoms with E-state index in [2.05, 4.69) is 15.1 Å². The first kappa shape index (κ1) is 32.7. The number of piperazine rings is 1. The van der Waals surface area contributed by atoms with Gasteiger partial charge in [0.2, 0.25) is 0 Å². The zero-order valence-corrected chi connectivity index (χ0v) is 26.2. The molecule has 0 aliphatic carbocycles. The summed E-state index contributed by atoms with van der Waals surface area (Å²) in [6.07, 6.45) is 6.60. The van der Waals surface area contributed by atoms with Crippen molar-refractivity contribution in [3.63, 3.8) is 0 Å². The van der Waals surface area contributed by atoms with Gasteiger partial charge in [-0.2, -0.15) is 0 Å². The number of hydrogen-bond donors (Lipinski definition) is 2. The average Bonchev–Trinajstić information content (AvgIpc) is 3.11. The highest BCUT2D eigenvalue weighted by Gasteiger charge is 2.21. The largest absolute Gasteiger partial charge is 0.492 e. The maximum Gasteiger partial charge on any atom is 0.339 e. The van der Waals surface area contributed by atoms with Crippen molar-refractivity contribution in [1.82, 2.24) is 9.80 Å². The fourth-order valence-corrected chi connectivity index (χ4v) is 5.37. The van der Waals surface area contributed by atoms with E-state index in [1.165, 1.54) is 7.11 Å². The van der Waals surface area contributed by atoms with Crippen molar-refractivity contribution in [2.45, 2.75) is 19.4 Å². The first-order valence-corrected chi connectivity index (χ1v) is 15.6. The molecular weight excluding hydrogens is 586 g/mol. The second-order valence-corrected chi connectivity index (χ2v) is 11.1. The zero-order valence-electron chi connectivity index (χ0n) is 26.2. The Balaban J connectivity index is 1.32. The molecule has 1 saturated heterocycles. The number of nitrogens with one attached hydrogen (secondary N) is 1. The Morgan fingerprint density at radius 3 is 2.41 bits per heavy atom. The van der Waals surface area contributed by atoms with Crippen LogP contribution in [0.3, 0.4) is 0 Å². The van der Waals surface area contributed by atoms with Gasteiger partial charge < -0.3 is 34.3 Å². The van der Waals surface area contributed by atoms with Crippen LogP contribution in [0.1, 0.15) is 44.7 Å². The van der Waals surface area contributed by atoms with Crippen LogP contribution in [0.5, 0.6) is 11.5 Å². The molecule has 0 unspecified atom stereocenters. The van der Waals surface area contributed by atoms with Gasteiger partial charge in [-0.05, 0) is 65.9 Å². The predicted molar refractivity (Wildman–Crippen MR) is 176 cm³/mol. The molecule has 0 radical (unpaired) electrons. The van der Waals surface area contributed by atoms with Gasteiger partial charge >= 0.3 is 5.97 Å². The Bertz CT molecular complexity index is 1530. The molecule has 0 saturated carbocycles. The summed E-state index contributed by atoms with van der Waals surface area (Å²) in [4.78, 5) is 31.3. The van der Waals surface area contributed by atoms with Crippen LogP contribution >= 0.6 is 0 Å². The first-order valence-electron chi connectivity index (χ1n) is 15.6. The molecule has 0 spiro atoms. The lowest BCUT2D eigenvalue weighted by molar-refractivity contribution is 0.0602. The van der Waals surface area contributed by atoms with Gasteiger partial charge in [-0.3, -0.25) is 9.69 Å². The van der Waals surface area contributed by atoms with Gasteiger partial charge in [-0.15, -0.1) is 0 Å². The summed E-state index contributed by atoms with van der Waals surface area (Å²) < 4.78 is 22.6. The summed E-state index contributed by atoms with van der Waals surface area (Å²) in [5.74, 6) is -0.0971. The highest BCUT2D eigenvalue weighted by Crippen LogP contribution is 2.30. The first-order chi connectivity index (χ1) is 22.5. The highest BCUT2D eigenvalue weighted by molar-refractivity contribution is 6.09. The van der Waals surface area contributed by atoms with Crippen molar-refractivity contribution >= 4 is 23.1 Å². The van der Waals surface area contributed by atoms with Gasteiger partial charge in [0.25, 0.3) is 5.91 Å². The normalized spacial score (nSPS) is 15.0. The van der Waals surface area contributed by atoms with E-state index in [1.807, 2.05) is 36.4 Å². The molecule has 3 aromatic carbocycles. The van der Waals surface area contributed by atoms with Crippen LogP contribution < -0.4 is 14.8 Å². The molecule has 5 rings (SSSR count). The Labute approximate surface area is 269 Å². The number of hydrogen-bond acceptors (Lipinski definition) is 9. The minimum absolute atomic E-state index is 0.217. The van der Waals surface area contributed by atoms with E-state index < -0.39 is 11.9 Å². The van der Waals surface area contributed by atoms with Crippen LogP contribution in [0.15, 0.2) is 85.3 Å². The predicted octanol–water partition coefficient (Wildman–Crippen LogP) is 4.96. The number of aliphatic hydroxyl groups excluding tert-OH is 1. The maximum atomic E-state index is 13.9. The van der Waals surface area contributed by atoms with Crippen molar-refractivity contribution in [3.05, 3.63) is 108 Å². The van der Waals surface area contributed by atoms with Crippen LogP contribution in [-0.4, -0.2) is 86.4 Å². The molecule has 10 nitrogen and oxygen atoms in total. The molecule has 2 N–H and O–H groups in total. The van der Waals surface area contributed by atoms with Crippen molar-refractivity contribution in [3.8, 4) is 11.5 Å². The number of benzene rings is 3. The number of aliphatic hydroxyl groups is 1. The van der Waals surface area contributed by atoms with Crippen LogP contribution in [0.2, 0.25) is 0 Å². The van der Waals surface area contributed by atoms with E-state index in [0.717, 1.165) is 62.4 Å². The third-order valence-corrected chi connectivity index (χ3v) is 7.97. The third-order valence-electron chi connectivity index (χ3n) is 7.97. The van der Waals surface area contributed by atoms with Crippen molar-refractivity contribution in [2.24, 2.45) is 0 Å². The molecule has 2 aliphatic heterocycles. The van der Waals surface area contributed by atoms with Gasteiger partial charge in [0.15, 0.2) is 0 Å². The molecule has 2 aliphatic rings. The van der Waals surface area contributed by atoms with Crippen molar-refractivity contribution in [2.75, 3.05) is 64.9 Å². The maximum absolute atomic E-state index is 13.9. The molecule has 10 heteroatoms. The van der Waals surface area contributed by atoms with Crippen molar-refractivity contribution in [1.29, 1.82) is 0 Å². The van der Waals surface area contributed by atoms with E-state index in [9.17, 15) is 9.59 Å². The molecule has 3 aromatic rings. The number of methoxy groups -OCH3 is 1. The summed E-state index contributed by atoms with van der Waals surface area (Å²) in [5, 5.41) is 12.0. The SMILES string of the molecule is COC(=O)c1ccc(C2=COC=CC2)cc1NC(=O)c1cc(OCCN2CCN(CCCO)CC2)ccc1OCc1ccccc1. The monoisotopic (exact) mass is 627 g/mol. The van der Waals surface area contributed by atoms with E-state index in [4.69, 9.17) is 24.1 Å². The lowest BCUT2D eigenvalue weighted by Gasteiger charge is -2.34. The Hall–Kier alpha value is -4.64. The number of ether oxygens (including phenoxy) is 4. The number of rotatable bonds is 14. The fourth-order valence-electron chi connectivity index (χ4n) is 5.37. The average molecular weight is 628 g/mol. The minimum Gasteiger partial charge on any atom is -0.492 e. The zero-order chi connectivity index (χ0) is 32.1. The quantitative estimate of drug-likeness (QED) is 0.240. The number of carbonyl (C=O) groups excluding carboxylic acids is 2. The summed E-state index contributed by atoms with van der Waals surface area (Å²) in [6, 6.07) is 20.1. The van der Waals surface area contributed by atoms with E-state index in [-0.39, 0.29) is 24.3 Å². The molecule has 46 heavy (non-hydrogen) atoms. The van der Waals surface area contributed by atoms with Crippen LogP contribution in [0.4, 0.5) is 5.69 Å². The van der Waals surface area contributed by atoms with Gasteiger partial charge in [-0.25, -0.2) is 4.79 Å². The second kappa shape index (κ2) is 16.6. The number of anilines is 1. The number of nitrogens with zero attached hydrogens (tertiary/aromatic N) is 2. The van der Waals surface area contributed by atoms with Gasteiger partial charge in [0, 0.05) is 45.9 Å². The van der Waals surface area contributed by atoms with E-state index in [0.29, 0.717) is 30.2 Å². The smallest absolute Gasteiger partial charge is 0.339 e. The Morgan fingerprint density at radius 1 is 0.913 bits per heavy atom. The van der Waals surface area contributed by atoms with Gasteiger partial charge in [0.05, 0.1) is 36.4 Å². The third kappa shape index (κ3) is 8.97. The van der Waals surface area contributed by atoms with Gasteiger partial charge in [0.1, 0.15) is 24.7 Å². The van der Waals surface area contributed by atoms with Crippen molar-refractivity contribution < 1.29 is 33.6 Å². The molecule has 2 heterocycles. The Morgan fingerprint density at radius 2 is 1.70 bits per heavy atom. The lowest BCUT2D eigenvalue weighted by Crippen LogP contribution is -2.47. The number of esters is 1. The minimum atomic E-state index is -0.567. The standard InChI is InChI=1S/C36H41N3O7/c1-43-36(42)31-12-10-28(29-9-5-21-44-26-29)23-33(31)37-35(41)32-24-30(11-13-34(32)46-25-27-7-3-2-4-8-27)45-22-19-39-17-15-38(16-18-39)14-6-20-40/h2-5,7-8,10-13,21,23-24,26,40H,6,9,14-20,22,25H2,1H3,(H,37,41). The topological polar surface area (TPSA) is 110 Å². The lowest BCUT2D eigenvalue weighted by atomic mass is 10.00. The number of carbonyl (C=O) groups is 2. The van der Waals surface area contributed by atoms with E-state index in [1.54, 1.807) is 48.9 Å². The molecule has 1 fully saturated rings. The molecule has 242 valence electrons. The summed E-state index contributed by atoms with van der Waals surface area (Å²) in [5.41, 5.74) is 3.48. The number of amides is 1. The van der Waals surface area contributed by atoms with Gasteiger partial charge in [-0.1, -0.05) is 36.4 Å². The Kier molecular flexibility index (Phi) is 11.8. The number of allylic oxidation sites excluding steroid dienone is 2. The molecule has 0 atom stereocenters. The molecule has 0 aromatic heterocycles. The molecular formula is C36H41N3O7.